The number of ketones is 1. The second kappa shape index (κ2) is 7.79. The van der Waals surface area contributed by atoms with E-state index < -0.39 is 12.0 Å². The lowest BCUT2D eigenvalue weighted by atomic mass is 10.1. The summed E-state index contributed by atoms with van der Waals surface area (Å²) in [5, 5.41) is 4.39. The van der Waals surface area contributed by atoms with Crippen LogP contribution in [0.25, 0.3) is 0 Å². The maximum absolute atomic E-state index is 12.3. The van der Waals surface area contributed by atoms with Crippen LogP contribution in [-0.4, -0.2) is 30.3 Å². The van der Waals surface area contributed by atoms with Crippen LogP contribution in [0.2, 0.25) is 0 Å². The molecule has 1 N–H and O–H groups in total. The van der Waals surface area contributed by atoms with Crippen LogP contribution in [0.1, 0.15) is 36.9 Å². The van der Waals surface area contributed by atoms with Gasteiger partial charge in [-0.05, 0) is 18.4 Å². The van der Waals surface area contributed by atoms with Crippen molar-refractivity contribution in [1.82, 2.24) is 5.32 Å². The van der Waals surface area contributed by atoms with Crippen molar-refractivity contribution in [3.8, 4) is 0 Å². The Morgan fingerprint density at radius 1 is 1.35 bits per heavy atom. The van der Waals surface area contributed by atoms with Crippen LogP contribution in [0.15, 0.2) is 17.5 Å². The summed E-state index contributed by atoms with van der Waals surface area (Å²) >= 11 is 1.28. The first-order valence-corrected chi connectivity index (χ1v) is 7.37. The molecule has 1 unspecified atom stereocenters. The van der Waals surface area contributed by atoms with Crippen LogP contribution in [0, 0.1) is 5.92 Å². The summed E-state index contributed by atoms with van der Waals surface area (Å²) in [6.45, 7) is 5.40. The zero-order valence-electron chi connectivity index (χ0n) is 11.8. The van der Waals surface area contributed by atoms with Crippen LogP contribution in [0.4, 0.5) is 0 Å². The first-order valence-electron chi connectivity index (χ1n) is 6.49. The second-order valence-corrected chi connectivity index (χ2v) is 5.51. The average molecular weight is 297 g/mol. The minimum atomic E-state index is -0.873. The van der Waals surface area contributed by atoms with Crippen molar-refractivity contribution in [2.75, 3.05) is 6.61 Å². The Hall–Kier alpha value is -1.69. The molecule has 1 atom stereocenters. The molecule has 0 aliphatic carbocycles. The maximum Gasteiger partial charge on any atom is 0.308 e. The molecule has 0 fully saturated rings. The molecule has 0 saturated carbocycles. The molecular formula is C14H19NO4S. The van der Waals surface area contributed by atoms with Crippen molar-refractivity contribution in [2.24, 2.45) is 5.92 Å². The monoisotopic (exact) mass is 297 g/mol. The summed E-state index contributed by atoms with van der Waals surface area (Å²) in [4.78, 5) is 36.1. The number of thiophene rings is 1. The highest BCUT2D eigenvalue weighted by molar-refractivity contribution is 7.12. The number of Topliss-reactive ketones (excluding diaryl/α,β-unsaturated/α-hetero) is 1. The summed E-state index contributed by atoms with van der Waals surface area (Å²) < 4.78 is 4.84. The minimum absolute atomic E-state index is 0.150. The largest absolute Gasteiger partial charge is 0.466 e. The molecule has 0 aliphatic rings. The molecule has 0 bridgehead atoms. The van der Waals surface area contributed by atoms with Crippen molar-refractivity contribution in [1.29, 1.82) is 0 Å². The van der Waals surface area contributed by atoms with Crippen LogP contribution in [0.3, 0.4) is 0 Å². The minimum Gasteiger partial charge on any atom is -0.466 e. The normalized spacial score (nSPS) is 12.0. The fourth-order valence-corrected chi connectivity index (χ4v) is 2.24. The standard InChI is InChI=1S/C14H19NO4S/c1-4-19-12(16)8-10(15-14(18)9(2)3)13(17)11-6-5-7-20-11/h5-7,9-10H,4,8H2,1-3H3,(H,15,18). The van der Waals surface area contributed by atoms with E-state index in [1.54, 1.807) is 38.3 Å². The second-order valence-electron chi connectivity index (χ2n) is 4.57. The summed E-state index contributed by atoms with van der Waals surface area (Å²) in [6.07, 6.45) is -0.150. The predicted octanol–water partition coefficient (Wildman–Crippen LogP) is 2.02. The molecule has 1 aromatic rings. The van der Waals surface area contributed by atoms with E-state index in [1.165, 1.54) is 11.3 Å². The van der Waals surface area contributed by atoms with Crippen LogP contribution in [0.5, 0.6) is 0 Å². The average Bonchev–Trinajstić information content (AvgIpc) is 2.90. The molecule has 20 heavy (non-hydrogen) atoms. The molecule has 1 amide bonds. The van der Waals surface area contributed by atoms with Gasteiger partial charge in [0.2, 0.25) is 5.91 Å². The van der Waals surface area contributed by atoms with Crippen molar-refractivity contribution in [3.05, 3.63) is 22.4 Å². The molecule has 0 aromatic carbocycles. The number of hydrogen-bond donors (Lipinski definition) is 1. The van der Waals surface area contributed by atoms with Gasteiger partial charge in [0.1, 0.15) is 6.04 Å². The Balaban J connectivity index is 2.80. The molecule has 0 radical (unpaired) electrons. The molecule has 1 aromatic heterocycles. The third kappa shape index (κ3) is 4.77. The number of carbonyl (C=O) groups excluding carboxylic acids is 3. The van der Waals surface area contributed by atoms with E-state index in [2.05, 4.69) is 5.32 Å². The molecule has 0 spiro atoms. The number of rotatable bonds is 7. The Morgan fingerprint density at radius 3 is 2.55 bits per heavy atom. The third-order valence-electron chi connectivity index (χ3n) is 2.60. The summed E-state index contributed by atoms with van der Waals surface area (Å²) in [6, 6.07) is 2.55. The van der Waals surface area contributed by atoms with Crippen molar-refractivity contribution < 1.29 is 19.1 Å². The fourth-order valence-electron chi connectivity index (χ4n) is 1.52. The molecule has 110 valence electrons. The van der Waals surface area contributed by atoms with Gasteiger partial charge in [-0.2, -0.15) is 0 Å². The Kier molecular flexibility index (Phi) is 6.38. The lowest BCUT2D eigenvalue weighted by Gasteiger charge is -2.17. The molecule has 0 aliphatic heterocycles. The summed E-state index contributed by atoms with van der Waals surface area (Å²) in [5.41, 5.74) is 0. The highest BCUT2D eigenvalue weighted by atomic mass is 32.1. The van der Waals surface area contributed by atoms with Gasteiger partial charge in [-0.25, -0.2) is 0 Å². The van der Waals surface area contributed by atoms with E-state index in [0.717, 1.165) is 0 Å². The van der Waals surface area contributed by atoms with E-state index in [1.807, 2.05) is 0 Å². The van der Waals surface area contributed by atoms with Crippen LogP contribution < -0.4 is 5.32 Å². The van der Waals surface area contributed by atoms with E-state index >= 15 is 0 Å². The number of nitrogens with one attached hydrogen (secondary N) is 1. The van der Waals surface area contributed by atoms with E-state index in [-0.39, 0.29) is 30.6 Å². The number of esters is 1. The topological polar surface area (TPSA) is 72.5 Å². The predicted molar refractivity (Wildman–Crippen MR) is 76.7 cm³/mol. The van der Waals surface area contributed by atoms with E-state index in [0.29, 0.717) is 4.88 Å². The number of ether oxygens (including phenoxy) is 1. The number of amides is 1. The van der Waals surface area contributed by atoms with Gasteiger partial charge in [-0.15, -0.1) is 11.3 Å². The summed E-state index contributed by atoms with van der Waals surface area (Å²) in [7, 11) is 0. The lowest BCUT2D eigenvalue weighted by Crippen LogP contribution is -2.44. The fraction of sp³-hybridized carbons (Fsp3) is 0.500. The molecule has 6 heteroatoms. The number of carbonyl (C=O) groups is 3. The van der Waals surface area contributed by atoms with Crippen molar-refractivity contribution >= 4 is 29.0 Å². The Morgan fingerprint density at radius 2 is 2.05 bits per heavy atom. The van der Waals surface area contributed by atoms with Crippen molar-refractivity contribution in [3.63, 3.8) is 0 Å². The van der Waals surface area contributed by atoms with Gasteiger partial charge in [0.25, 0.3) is 0 Å². The SMILES string of the molecule is CCOC(=O)CC(NC(=O)C(C)C)C(=O)c1cccs1. The molecule has 0 saturated heterocycles. The Labute approximate surface area is 122 Å². The van der Waals surface area contributed by atoms with Crippen LogP contribution >= 0.6 is 11.3 Å². The lowest BCUT2D eigenvalue weighted by molar-refractivity contribution is -0.143. The molecular weight excluding hydrogens is 278 g/mol. The smallest absolute Gasteiger partial charge is 0.308 e. The van der Waals surface area contributed by atoms with Gasteiger partial charge in [0.05, 0.1) is 17.9 Å². The molecule has 1 rings (SSSR count). The van der Waals surface area contributed by atoms with Gasteiger partial charge >= 0.3 is 5.97 Å². The molecule has 1 heterocycles. The molecule has 5 nitrogen and oxygen atoms in total. The zero-order valence-corrected chi connectivity index (χ0v) is 12.7. The van der Waals surface area contributed by atoms with Gasteiger partial charge in [0.15, 0.2) is 5.78 Å². The third-order valence-corrected chi connectivity index (χ3v) is 3.48. The first kappa shape index (κ1) is 16.4. The quantitative estimate of drug-likeness (QED) is 0.617. The first-order chi connectivity index (χ1) is 9.45. The highest BCUT2D eigenvalue weighted by Crippen LogP contribution is 2.14. The zero-order chi connectivity index (χ0) is 15.1. The van der Waals surface area contributed by atoms with E-state index in [4.69, 9.17) is 4.74 Å². The summed E-state index contributed by atoms with van der Waals surface area (Å²) in [5.74, 6) is -1.27. The Bertz CT molecular complexity index is 468. The number of hydrogen-bond acceptors (Lipinski definition) is 5. The van der Waals surface area contributed by atoms with Gasteiger partial charge < -0.3 is 10.1 Å². The van der Waals surface area contributed by atoms with Gasteiger partial charge in [-0.1, -0.05) is 19.9 Å². The van der Waals surface area contributed by atoms with E-state index in [9.17, 15) is 14.4 Å². The highest BCUT2D eigenvalue weighted by Gasteiger charge is 2.26. The van der Waals surface area contributed by atoms with Gasteiger partial charge in [-0.3, -0.25) is 14.4 Å². The maximum atomic E-state index is 12.3. The van der Waals surface area contributed by atoms with Crippen LogP contribution in [-0.2, 0) is 14.3 Å². The van der Waals surface area contributed by atoms with Gasteiger partial charge in [0, 0.05) is 5.92 Å². The van der Waals surface area contributed by atoms with Crippen molar-refractivity contribution in [2.45, 2.75) is 33.2 Å².